The summed E-state index contributed by atoms with van der Waals surface area (Å²) < 4.78 is 0. The van der Waals surface area contributed by atoms with Gasteiger partial charge in [0.2, 0.25) is 0 Å². The monoisotopic (exact) mass is 201 g/mol. The maximum atomic E-state index is 11.4. The molecule has 0 aliphatic heterocycles. The number of allylic oxidation sites excluding steroid dienone is 1. The highest BCUT2D eigenvalue weighted by molar-refractivity contribution is 5.98. The number of carbonyl (C=O) groups excluding carboxylic acids is 1. The molecule has 0 atom stereocenters. The third kappa shape index (κ3) is 3.53. The Bertz CT molecular complexity index is 384. The van der Waals surface area contributed by atoms with E-state index < -0.39 is 0 Å². The van der Waals surface area contributed by atoms with Crippen molar-refractivity contribution >= 4 is 11.8 Å². The summed E-state index contributed by atoms with van der Waals surface area (Å²) in [6.07, 6.45) is 3.78. The van der Waals surface area contributed by atoms with Gasteiger partial charge in [0.05, 0.1) is 0 Å². The number of hydrogen-bond donors (Lipinski definition) is 0. The third-order valence-electron chi connectivity index (χ3n) is 2.03. The van der Waals surface area contributed by atoms with Crippen LogP contribution in [0.15, 0.2) is 35.3 Å². The fourth-order valence-corrected chi connectivity index (χ4v) is 1.29. The molecule has 0 radical (unpaired) electrons. The molecule has 0 spiro atoms. The summed E-state index contributed by atoms with van der Waals surface area (Å²) in [4.78, 5) is 15.1. The average molecular weight is 201 g/mol. The lowest BCUT2D eigenvalue weighted by Gasteiger charge is -1.98. The van der Waals surface area contributed by atoms with Gasteiger partial charge >= 0.3 is 0 Å². The molecule has 0 aliphatic rings. The summed E-state index contributed by atoms with van der Waals surface area (Å²) in [5, 5.41) is 0. The van der Waals surface area contributed by atoms with Crippen LogP contribution in [0, 0.1) is 0 Å². The summed E-state index contributed by atoms with van der Waals surface area (Å²) in [5.74, 6) is 2.30. The van der Waals surface area contributed by atoms with E-state index in [9.17, 15) is 4.79 Å². The van der Waals surface area contributed by atoms with E-state index in [1.807, 2.05) is 24.3 Å². The molecule has 0 heterocycles. The Kier molecular flexibility index (Phi) is 4.52. The number of benzene rings is 1. The molecule has 2 nitrogen and oxygen atoms in total. The molecule has 0 N–H and O–H groups in total. The summed E-state index contributed by atoms with van der Waals surface area (Å²) in [5.41, 5.74) is 1.87. The molecule has 15 heavy (non-hydrogen) atoms. The van der Waals surface area contributed by atoms with Gasteiger partial charge in [-0.15, -0.1) is 0 Å². The number of hydrogen-bond acceptors (Lipinski definition) is 1. The quantitative estimate of drug-likeness (QED) is 0.691. The molecule has 1 aromatic carbocycles. The van der Waals surface area contributed by atoms with Crippen molar-refractivity contribution in [3.63, 3.8) is 0 Å². The molecule has 0 fully saturated rings. The molecule has 78 valence electrons. The number of aliphatic imine (C=N–C) groups is 1. The second-order valence-corrected chi connectivity index (χ2v) is 3.28. The largest absolute Gasteiger partial charge is 0.285 e. The van der Waals surface area contributed by atoms with Gasteiger partial charge in [-0.3, -0.25) is 4.79 Å². The highest BCUT2D eigenvalue weighted by Gasteiger charge is 2.01. The molecule has 0 saturated heterocycles. The summed E-state index contributed by atoms with van der Waals surface area (Å²) >= 11 is 0. The van der Waals surface area contributed by atoms with Crippen LogP contribution in [0.3, 0.4) is 0 Å². The standard InChI is InChI=1S/C13H15NO/c1-3-5-11-6-8-12(9-7-11)13(15)14-10-4-2/h4,6-9H,3,5H2,1-2H3. The van der Waals surface area contributed by atoms with Gasteiger partial charge in [0.15, 0.2) is 0 Å². The minimum absolute atomic E-state index is 0.240. The van der Waals surface area contributed by atoms with E-state index >= 15 is 0 Å². The number of aryl methyl sites for hydroxylation is 1. The Labute approximate surface area is 90.4 Å². The number of amides is 1. The Morgan fingerprint density at radius 3 is 2.60 bits per heavy atom. The molecule has 0 aliphatic carbocycles. The zero-order valence-corrected chi connectivity index (χ0v) is 9.16. The van der Waals surface area contributed by atoms with E-state index in [1.54, 1.807) is 13.0 Å². The first-order valence-corrected chi connectivity index (χ1v) is 5.15. The maximum absolute atomic E-state index is 11.4. The molecule has 1 amide bonds. The van der Waals surface area contributed by atoms with Crippen LogP contribution in [0.1, 0.15) is 36.2 Å². The van der Waals surface area contributed by atoms with E-state index in [-0.39, 0.29) is 5.91 Å². The molecule has 2 heteroatoms. The van der Waals surface area contributed by atoms with Crippen molar-refractivity contribution in [2.45, 2.75) is 26.7 Å². The molecular weight excluding hydrogens is 186 g/mol. The first-order chi connectivity index (χ1) is 7.27. The van der Waals surface area contributed by atoms with Crippen molar-refractivity contribution in [2.24, 2.45) is 4.99 Å². The van der Waals surface area contributed by atoms with Gasteiger partial charge < -0.3 is 0 Å². The summed E-state index contributed by atoms with van der Waals surface area (Å²) in [6.45, 7) is 3.91. The highest BCUT2D eigenvalue weighted by Crippen LogP contribution is 2.07. The van der Waals surface area contributed by atoms with Gasteiger partial charge in [-0.25, -0.2) is 0 Å². The Morgan fingerprint density at radius 2 is 2.07 bits per heavy atom. The van der Waals surface area contributed by atoms with Crippen LogP contribution in [0.5, 0.6) is 0 Å². The third-order valence-corrected chi connectivity index (χ3v) is 2.03. The first kappa shape index (κ1) is 11.4. The highest BCUT2D eigenvalue weighted by atomic mass is 16.1. The van der Waals surface area contributed by atoms with Crippen LogP contribution in [0.2, 0.25) is 0 Å². The molecule has 1 rings (SSSR count). The van der Waals surface area contributed by atoms with Gasteiger partial charge in [0, 0.05) is 5.56 Å². The van der Waals surface area contributed by atoms with Crippen LogP contribution >= 0.6 is 0 Å². The van der Waals surface area contributed by atoms with Crippen molar-refractivity contribution in [2.75, 3.05) is 0 Å². The zero-order valence-electron chi connectivity index (χ0n) is 9.16. The molecule has 1 aromatic rings. The topological polar surface area (TPSA) is 29.4 Å². The first-order valence-electron chi connectivity index (χ1n) is 5.15. The maximum Gasteiger partial charge on any atom is 0.285 e. The normalized spacial score (nSPS) is 9.20. The number of nitrogens with zero attached hydrogens (tertiary/aromatic N) is 1. The van der Waals surface area contributed by atoms with E-state index in [0.29, 0.717) is 5.56 Å². The van der Waals surface area contributed by atoms with Crippen LogP contribution in [0.4, 0.5) is 0 Å². The minimum Gasteiger partial charge on any atom is -0.266 e. The predicted molar refractivity (Wildman–Crippen MR) is 62.4 cm³/mol. The molecule has 0 saturated carbocycles. The van der Waals surface area contributed by atoms with Crippen molar-refractivity contribution < 1.29 is 4.79 Å². The van der Waals surface area contributed by atoms with E-state index in [4.69, 9.17) is 0 Å². The summed E-state index contributed by atoms with van der Waals surface area (Å²) in [6, 6.07) is 7.58. The second kappa shape index (κ2) is 5.94. The molecule has 0 unspecified atom stereocenters. The SMILES string of the molecule is CC=C=NC(=O)c1ccc(CCC)cc1. The van der Waals surface area contributed by atoms with Crippen LogP contribution in [0.25, 0.3) is 0 Å². The van der Waals surface area contributed by atoms with E-state index in [1.165, 1.54) is 5.56 Å². The molecule has 0 aromatic heterocycles. The molecular formula is C13H15NO. The lowest BCUT2D eigenvalue weighted by Crippen LogP contribution is -1.94. The van der Waals surface area contributed by atoms with Gasteiger partial charge in [-0.1, -0.05) is 25.5 Å². The van der Waals surface area contributed by atoms with Crippen LogP contribution in [-0.4, -0.2) is 11.8 Å². The smallest absolute Gasteiger partial charge is 0.266 e. The van der Waals surface area contributed by atoms with Gasteiger partial charge in [0.25, 0.3) is 5.91 Å². The minimum atomic E-state index is -0.240. The van der Waals surface area contributed by atoms with Gasteiger partial charge in [0.1, 0.15) is 0 Å². The van der Waals surface area contributed by atoms with Crippen molar-refractivity contribution in [3.8, 4) is 0 Å². The zero-order chi connectivity index (χ0) is 11.1. The van der Waals surface area contributed by atoms with Crippen molar-refractivity contribution in [3.05, 3.63) is 41.5 Å². The predicted octanol–water partition coefficient (Wildman–Crippen LogP) is 3.03. The van der Waals surface area contributed by atoms with Crippen molar-refractivity contribution in [1.82, 2.24) is 0 Å². The van der Waals surface area contributed by atoms with Crippen molar-refractivity contribution in [1.29, 1.82) is 0 Å². The summed E-state index contributed by atoms with van der Waals surface area (Å²) in [7, 11) is 0. The van der Waals surface area contributed by atoms with E-state index in [2.05, 4.69) is 17.8 Å². The second-order valence-electron chi connectivity index (χ2n) is 3.28. The average Bonchev–Trinajstić information content (AvgIpc) is 2.27. The Balaban J connectivity index is 2.79. The van der Waals surface area contributed by atoms with E-state index in [0.717, 1.165) is 12.8 Å². The lowest BCUT2D eigenvalue weighted by molar-refractivity contribution is 0.100. The Hall–Kier alpha value is -1.66. The van der Waals surface area contributed by atoms with Crippen LogP contribution in [-0.2, 0) is 6.42 Å². The van der Waals surface area contributed by atoms with Gasteiger partial charge in [-0.2, -0.15) is 4.99 Å². The Morgan fingerprint density at radius 1 is 1.40 bits per heavy atom. The van der Waals surface area contributed by atoms with Crippen LogP contribution < -0.4 is 0 Å². The lowest BCUT2D eigenvalue weighted by atomic mass is 10.1. The van der Waals surface area contributed by atoms with Gasteiger partial charge in [-0.05, 0) is 43.0 Å². The number of rotatable bonds is 3. The number of carbonyl (C=O) groups is 1. The fraction of sp³-hybridized carbons (Fsp3) is 0.308. The fourth-order valence-electron chi connectivity index (χ4n) is 1.29. The molecule has 0 bridgehead atoms.